The molecule has 132 valence electrons. The summed E-state index contributed by atoms with van der Waals surface area (Å²) in [6.45, 7) is 2.76. The Morgan fingerprint density at radius 2 is 1.68 bits per heavy atom. The van der Waals surface area contributed by atoms with Crippen LogP contribution in [0.5, 0.6) is 0 Å². The molecule has 1 atom stereocenters. The van der Waals surface area contributed by atoms with E-state index in [-0.39, 0.29) is 17.8 Å². The number of likely N-dealkylation sites (N-methyl/N-ethyl adjacent to an activating group) is 1. The molecule has 4 nitrogen and oxygen atoms in total. The number of carbonyl (C=O) groups is 1. The minimum Gasteiger partial charge on any atom is -0.378 e. The lowest BCUT2D eigenvalue weighted by atomic mass is 9.97. The Labute approximate surface area is 147 Å². The van der Waals surface area contributed by atoms with Crippen LogP contribution >= 0.6 is 0 Å². The number of hydrogen-bond acceptors (Lipinski definition) is 3. The van der Waals surface area contributed by atoms with Gasteiger partial charge < -0.3 is 9.64 Å². The molecule has 5 heteroatoms. The molecule has 1 unspecified atom stereocenters. The molecule has 0 N–H and O–H groups in total. The van der Waals surface area contributed by atoms with Gasteiger partial charge in [0.05, 0.1) is 25.8 Å². The lowest BCUT2D eigenvalue weighted by Crippen LogP contribution is -2.45. The first kappa shape index (κ1) is 17.6. The highest BCUT2D eigenvalue weighted by Gasteiger charge is 2.24. The van der Waals surface area contributed by atoms with E-state index in [1.54, 1.807) is 12.1 Å². The Balaban J connectivity index is 1.81. The average Bonchev–Trinajstić information content (AvgIpc) is 2.65. The van der Waals surface area contributed by atoms with Gasteiger partial charge in [-0.25, -0.2) is 4.39 Å². The van der Waals surface area contributed by atoms with E-state index in [2.05, 4.69) is 0 Å². The lowest BCUT2D eigenvalue weighted by Gasteiger charge is -2.32. The van der Waals surface area contributed by atoms with Crippen molar-refractivity contribution in [2.75, 3.05) is 39.9 Å². The third-order valence-corrected chi connectivity index (χ3v) is 4.49. The van der Waals surface area contributed by atoms with E-state index in [9.17, 15) is 9.18 Å². The second kappa shape index (κ2) is 8.23. The first-order chi connectivity index (χ1) is 12.1. The number of halogens is 1. The van der Waals surface area contributed by atoms with E-state index in [1.807, 2.05) is 47.2 Å². The van der Waals surface area contributed by atoms with Gasteiger partial charge in [0.2, 0.25) is 5.91 Å². The molecule has 0 aromatic heterocycles. The van der Waals surface area contributed by atoms with Gasteiger partial charge in [-0.1, -0.05) is 42.5 Å². The fourth-order valence-corrected chi connectivity index (χ4v) is 3.20. The molecule has 0 radical (unpaired) electrons. The molecule has 1 aliphatic rings. The number of hydrogen-bond donors (Lipinski definition) is 0. The number of nitrogens with zero attached hydrogens (tertiary/aromatic N) is 2. The number of benzene rings is 2. The van der Waals surface area contributed by atoms with Crippen LogP contribution in [0.25, 0.3) is 0 Å². The van der Waals surface area contributed by atoms with Crippen molar-refractivity contribution >= 4 is 5.91 Å². The number of carbonyl (C=O) groups excluding carboxylic acids is 1. The van der Waals surface area contributed by atoms with Crippen LogP contribution in [0.4, 0.5) is 4.39 Å². The van der Waals surface area contributed by atoms with E-state index in [1.165, 1.54) is 12.1 Å². The van der Waals surface area contributed by atoms with E-state index >= 15 is 0 Å². The summed E-state index contributed by atoms with van der Waals surface area (Å²) >= 11 is 0. The van der Waals surface area contributed by atoms with Crippen molar-refractivity contribution in [3.8, 4) is 0 Å². The Kier molecular flexibility index (Phi) is 5.79. The molecular weight excluding hydrogens is 319 g/mol. The van der Waals surface area contributed by atoms with Crippen molar-refractivity contribution in [2.24, 2.45) is 0 Å². The smallest absolute Gasteiger partial charge is 0.236 e. The molecule has 1 saturated heterocycles. The van der Waals surface area contributed by atoms with Gasteiger partial charge in [0.25, 0.3) is 0 Å². The van der Waals surface area contributed by atoms with Crippen molar-refractivity contribution in [1.29, 1.82) is 0 Å². The van der Waals surface area contributed by atoms with Gasteiger partial charge in [-0.05, 0) is 30.3 Å². The molecule has 3 rings (SSSR count). The van der Waals surface area contributed by atoms with Gasteiger partial charge >= 0.3 is 0 Å². The maximum atomic E-state index is 13.3. The fraction of sp³-hybridized carbons (Fsp3) is 0.350. The zero-order valence-electron chi connectivity index (χ0n) is 14.4. The second-order valence-corrected chi connectivity index (χ2v) is 6.27. The van der Waals surface area contributed by atoms with Crippen LogP contribution in [0, 0.1) is 5.82 Å². The molecule has 1 heterocycles. The van der Waals surface area contributed by atoms with Gasteiger partial charge in [-0.2, -0.15) is 0 Å². The van der Waals surface area contributed by atoms with E-state index < -0.39 is 0 Å². The maximum absolute atomic E-state index is 13.3. The highest BCUT2D eigenvalue weighted by atomic mass is 19.1. The molecule has 2 aromatic rings. The van der Waals surface area contributed by atoms with E-state index in [0.29, 0.717) is 32.8 Å². The predicted molar refractivity (Wildman–Crippen MR) is 94.7 cm³/mol. The van der Waals surface area contributed by atoms with Gasteiger partial charge in [-0.15, -0.1) is 0 Å². The molecule has 1 aliphatic heterocycles. The summed E-state index contributed by atoms with van der Waals surface area (Å²) in [4.78, 5) is 16.5. The van der Waals surface area contributed by atoms with Crippen LogP contribution in [0.2, 0.25) is 0 Å². The van der Waals surface area contributed by atoms with Gasteiger partial charge in [0.1, 0.15) is 5.82 Å². The summed E-state index contributed by atoms with van der Waals surface area (Å²) in [5, 5.41) is 0. The second-order valence-electron chi connectivity index (χ2n) is 6.27. The largest absolute Gasteiger partial charge is 0.378 e. The van der Waals surface area contributed by atoms with Crippen molar-refractivity contribution in [3.63, 3.8) is 0 Å². The Morgan fingerprint density at radius 1 is 1.08 bits per heavy atom. The molecular formula is C20H23FN2O2. The van der Waals surface area contributed by atoms with Crippen LogP contribution in [-0.4, -0.2) is 55.6 Å². The van der Waals surface area contributed by atoms with Crippen LogP contribution < -0.4 is 0 Å². The Hall–Kier alpha value is -2.24. The highest BCUT2D eigenvalue weighted by molar-refractivity contribution is 5.78. The van der Waals surface area contributed by atoms with Crippen LogP contribution in [0.15, 0.2) is 54.6 Å². The molecule has 0 bridgehead atoms. The van der Waals surface area contributed by atoms with Crippen molar-refractivity contribution < 1.29 is 13.9 Å². The highest BCUT2D eigenvalue weighted by Crippen LogP contribution is 2.27. The number of amides is 1. The average molecular weight is 342 g/mol. The van der Waals surface area contributed by atoms with Gasteiger partial charge in [-0.3, -0.25) is 9.69 Å². The Bertz CT molecular complexity index is 685. The third kappa shape index (κ3) is 4.44. The van der Waals surface area contributed by atoms with Crippen molar-refractivity contribution in [3.05, 3.63) is 71.5 Å². The molecule has 25 heavy (non-hydrogen) atoms. The van der Waals surface area contributed by atoms with Crippen LogP contribution in [0.3, 0.4) is 0 Å². The van der Waals surface area contributed by atoms with E-state index in [0.717, 1.165) is 11.1 Å². The topological polar surface area (TPSA) is 32.8 Å². The normalized spacial score (nSPS) is 16.0. The summed E-state index contributed by atoms with van der Waals surface area (Å²) in [6, 6.07) is 16.4. The van der Waals surface area contributed by atoms with Crippen LogP contribution in [-0.2, 0) is 9.53 Å². The van der Waals surface area contributed by atoms with Crippen LogP contribution in [0.1, 0.15) is 17.2 Å². The number of ether oxygens (including phenoxy) is 1. The van der Waals surface area contributed by atoms with E-state index in [4.69, 9.17) is 4.74 Å². The minimum absolute atomic E-state index is 0.0915. The summed E-state index contributed by atoms with van der Waals surface area (Å²) < 4.78 is 18.6. The lowest BCUT2D eigenvalue weighted by molar-refractivity contribution is -0.136. The Morgan fingerprint density at radius 3 is 2.32 bits per heavy atom. The summed E-state index contributed by atoms with van der Waals surface area (Å²) in [7, 11) is 1.93. The van der Waals surface area contributed by atoms with Gasteiger partial charge in [0.15, 0.2) is 0 Å². The van der Waals surface area contributed by atoms with Crippen molar-refractivity contribution in [1.82, 2.24) is 9.80 Å². The molecule has 1 amide bonds. The molecule has 2 aromatic carbocycles. The maximum Gasteiger partial charge on any atom is 0.236 e. The molecule has 0 spiro atoms. The predicted octanol–water partition coefficient (Wildman–Crippen LogP) is 2.71. The summed E-state index contributed by atoms with van der Waals surface area (Å²) in [5.41, 5.74) is 2.04. The first-order valence-corrected chi connectivity index (χ1v) is 8.51. The zero-order chi connectivity index (χ0) is 17.6. The minimum atomic E-state index is -0.261. The first-order valence-electron chi connectivity index (χ1n) is 8.51. The summed E-state index contributed by atoms with van der Waals surface area (Å²) in [5.74, 6) is -0.170. The molecule has 1 fully saturated rings. The SMILES string of the molecule is CN(CC(=O)N1CCOCC1)C(c1ccccc1)c1ccc(F)cc1. The third-order valence-electron chi connectivity index (χ3n) is 4.49. The zero-order valence-corrected chi connectivity index (χ0v) is 14.4. The summed E-state index contributed by atoms with van der Waals surface area (Å²) in [6.07, 6.45) is 0. The monoisotopic (exact) mass is 342 g/mol. The number of rotatable bonds is 5. The standard InChI is InChI=1S/C20H23FN2O2/c1-22(15-19(24)23-11-13-25-14-12-23)20(16-5-3-2-4-6-16)17-7-9-18(21)10-8-17/h2-10,20H,11-15H2,1H3. The fourth-order valence-electron chi connectivity index (χ4n) is 3.20. The quantitative estimate of drug-likeness (QED) is 0.838. The van der Waals surface area contributed by atoms with Gasteiger partial charge in [0, 0.05) is 13.1 Å². The number of morpholine rings is 1. The molecule has 0 aliphatic carbocycles. The van der Waals surface area contributed by atoms with Crippen molar-refractivity contribution in [2.45, 2.75) is 6.04 Å². The molecule has 0 saturated carbocycles.